The molecule has 0 unspecified atom stereocenters. The fourth-order valence-corrected chi connectivity index (χ4v) is 2.21. The number of anilines is 1. The summed E-state index contributed by atoms with van der Waals surface area (Å²) in [5, 5.41) is 11.3. The van der Waals surface area contributed by atoms with Crippen molar-refractivity contribution in [3.8, 4) is 11.5 Å². The highest BCUT2D eigenvalue weighted by atomic mass is 16.6. The standard InChI is InChI=1S/C14H20N2O5/c1-5-15(6-2)13-11(21-7-3)8-10(9-17)12(16(18)19)14(13)20-4/h8-9H,5-7H2,1-4H3. The van der Waals surface area contributed by atoms with Crippen molar-refractivity contribution in [1.82, 2.24) is 0 Å². The molecule has 7 heteroatoms. The molecule has 0 aliphatic heterocycles. The van der Waals surface area contributed by atoms with Crippen molar-refractivity contribution < 1.29 is 19.2 Å². The van der Waals surface area contributed by atoms with Crippen LogP contribution >= 0.6 is 0 Å². The summed E-state index contributed by atoms with van der Waals surface area (Å²) in [4.78, 5) is 23.7. The zero-order chi connectivity index (χ0) is 16.0. The molecule has 0 aliphatic carbocycles. The van der Waals surface area contributed by atoms with Crippen LogP contribution in [0.4, 0.5) is 11.4 Å². The first kappa shape index (κ1) is 16.7. The van der Waals surface area contributed by atoms with Gasteiger partial charge in [-0.1, -0.05) is 0 Å². The Morgan fingerprint density at radius 1 is 1.33 bits per heavy atom. The van der Waals surface area contributed by atoms with E-state index in [-0.39, 0.29) is 17.0 Å². The summed E-state index contributed by atoms with van der Waals surface area (Å²) >= 11 is 0. The van der Waals surface area contributed by atoms with E-state index in [0.29, 0.717) is 37.4 Å². The van der Waals surface area contributed by atoms with Crippen LogP contribution < -0.4 is 14.4 Å². The number of aldehydes is 1. The monoisotopic (exact) mass is 296 g/mol. The molecule has 1 rings (SSSR count). The Balaban J connectivity index is 3.73. The maximum atomic E-state index is 11.3. The van der Waals surface area contributed by atoms with Gasteiger partial charge in [0.1, 0.15) is 11.4 Å². The molecule has 0 saturated heterocycles. The number of benzene rings is 1. The molecule has 0 N–H and O–H groups in total. The zero-order valence-electron chi connectivity index (χ0n) is 12.7. The van der Waals surface area contributed by atoms with Crippen molar-refractivity contribution in [2.75, 3.05) is 31.7 Å². The van der Waals surface area contributed by atoms with E-state index in [9.17, 15) is 14.9 Å². The quantitative estimate of drug-likeness (QED) is 0.417. The number of carbonyl (C=O) groups excluding carboxylic acids is 1. The van der Waals surface area contributed by atoms with Crippen LogP contribution in [0.15, 0.2) is 6.07 Å². The second-order valence-electron chi connectivity index (χ2n) is 4.17. The molecule has 0 amide bonds. The first-order valence-electron chi connectivity index (χ1n) is 6.77. The summed E-state index contributed by atoms with van der Waals surface area (Å²) in [5.74, 6) is 0.461. The number of hydrogen-bond acceptors (Lipinski definition) is 6. The molecule has 1 aromatic carbocycles. The Morgan fingerprint density at radius 2 is 1.95 bits per heavy atom. The SMILES string of the molecule is CCOc1cc(C=O)c([N+](=O)[O-])c(OC)c1N(CC)CC. The maximum Gasteiger partial charge on any atom is 0.323 e. The third-order valence-electron chi connectivity index (χ3n) is 3.12. The minimum atomic E-state index is -0.606. The van der Waals surface area contributed by atoms with Gasteiger partial charge in [-0.2, -0.15) is 0 Å². The van der Waals surface area contributed by atoms with Crippen LogP contribution in [0, 0.1) is 10.1 Å². The van der Waals surface area contributed by atoms with E-state index >= 15 is 0 Å². The van der Waals surface area contributed by atoms with Crippen LogP contribution in [0.3, 0.4) is 0 Å². The van der Waals surface area contributed by atoms with Gasteiger partial charge in [0.2, 0.25) is 5.75 Å². The number of carbonyl (C=O) groups is 1. The van der Waals surface area contributed by atoms with Crippen molar-refractivity contribution in [2.24, 2.45) is 0 Å². The first-order chi connectivity index (χ1) is 10.0. The summed E-state index contributed by atoms with van der Waals surface area (Å²) in [6.07, 6.45) is 0.440. The predicted octanol–water partition coefficient (Wildman–Crippen LogP) is 2.66. The molecule has 0 bridgehead atoms. The van der Waals surface area contributed by atoms with Gasteiger partial charge in [-0.25, -0.2) is 0 Å². The third-order valence-corrected chi connectivity index (χ3v) is 3.12. The van der Waals surface area contributed by atoms with E-state index in [1.165, 1.54) is 13.2 Å². The van der Waals surface area contributed by atoms with Gasteiger partial charge in [0.05, 0.1) is 24.2 Å². The van der Waals surface area contributed by atoms with Gasteiger partial charge in [-0.3, -0.25) is 14.9 Å². The highest BCUT2D eigenvalue weighted by Crippen LogP contribution is 2.46. The highest BCUT2D eigenvalue weighted by Gasteiger charge is 2.30. The molecular formula is C14H20N2O5. The highest BCUT2D eigenvalue weighted by molar-refractivity contribution is 5.90. The van der Waals surface area contributed by atoms with Crippen LogP contribution in [0.2, 0.25) is 0 Å². The van der Waals surface area contributed by atoms with E-state index < -0.39 is 4.92 Å². The van der Waals surface area contributed by atoms with Crippen LogP contribution in [0.1, 0.15) is 31.1 Å². The lowest BCUT2D eigenvalue weighted by Gasteiger charge is -2.26. The Labute approximate surface area is 123 Å². The molecule has 0 aromatic heterocycles. The molecule has 0 atom stereocenters. The molecule has 7 nitrogen and oxygen atoms in total. The van der Waals surface area contributed by atoms with Crippen molar-refractivity contribution in [3.05, 3.63) is 21.7 Å². The van der Waals surface area contributed by atoms with Crippen LogP contribution in [-0.4, -0.2) is 38.0 Å². The Hall–Kier alpha value is -2.31. The van der Waals surface area contributed by atoms with Crippen molar-refractivity contribution in [1.29, 1.82) is 0 Å². The molecule has 0 aliphatic rings. The summed E-state index contributed by atoms with van der Waals surface area (Å²) in [6, 6.07) is 1.39. The minimum absolute atomic E-state index is 0.0525. The summed E-state index contributed by atoms with van der Waals surface area (Å²) in [7, 11) is 1.35. The number of ether oxygens (including phenoxy) is 2. The molecule has 0 radical (unpaired) electrons. The van der Waals surface area contributed by atoms with E-state index in [4.69, 9.17) is 9.47 Å². The number of hydrogen-bond donors (Lipinski definition) is 0. The van der Waals surface area contributed by atoms with Gasteiger partial charge in [0.15, 0.2) is 6.29 Å². The second-order valence-corrected chi connectivity index (χ2v) is 4.17. The fourth-order valence-electron chi connectivity index (χ4n) is 2.21. The van der Waals surface area contributed by atoms with Gasteiger partial charge < -0.3 is 14.4 Å². The Kier molecular flexibility index (Phi) is 5.95. The molecule has 1 aromatic rings. The number of nitro benzene ring substituents is 1. The topological polar surface area (TPSA) is 81.9 Å². The Bertz CT molecular complexity index is 527. The van der Waals surface area contributed by atoms with Gasteiger partial charge in [0.25, 0.3) is 0 Å². The van der Waals surface area contributed by atoms with E-state index in [1.54, 1.807) is 6.92 Å². The normalized spacial score (nSPS) is 10.1. The second kappa shape index (κ2) is 7.47. The summed E-state index contributed by atoms with van der Waals surface area (Å²) in [6.45, 7) is 7.30. The maximum absolute atomic E-state index is 11.3. The lowest BCUT2D eigenvalue weighted by molar-refractivity contribution is -0.385. The predicted molar refractivity (Wildman–Crippen MR) is 79.8 cm³/mol. The molecule has 0 fully saturated rings. The average Bonchev–Trinajstić information content (AvgIpc) is 2.48. The molecule has 21 heavy (non-hydrogen) atoms. The largest absolute Gasteiger partial charge is 0.492 e. The number of nitro groups is 1. The molecule has 0 spiro atoms. The van der Waals surface area contributed by atoms with E-state index in [0.717, 1.165) is 0 Å². The number of nitrogens with zero attached hydrogens (tertiary/aromatic N) is 2. The Morgan fingerprint density at radius 3 is 2.33 bits per heavy atom. The molecular weight excluding hydrogens is 276 g/mol. The van der Waals surface area contributed by atoms with Gasteiger partial charge in [-0.15, -0.1) is 0 Å². The average molecular weight is 296 g/mol. The molecule has 116 valence electrons. The van der Waals surface area contributed by atoms with Crippen molar-refractivity contribution in [2.45, 2.75) is 20.8 Å². The first-order valence-corrected chi connectivity index (χ1v) is 6.77. The zero-order valence-corrected chi connectivity index (χ0v) is 12.7. The molecule has 0 heterocycles. The van der Waals surface area contributed by atoms with Crippen LogP contribution in [0.25, 0.3) is 0 Å². The van der Waals surface area contributed by atoms with Gasteiger partial charge in [-0.05, 0) is 20.8 Å². The van der Waals surface area contributed by atoms with Crippen LogP contribution in [0.5, 0.6) is 11.5 Å². The number of methoxy groups -OCH3 is 1. The smallest absolute Gasteiger partial charge is 0.323 e. The van der Waals surface area contributed by atoms with Gasteiger partial charge in [0, 0.05) is 19.2 Å². The van der Waals surface area contributed by atoms with E-state index in [2.05, 4.69) is 0 Å². The van der Waals surface area contributed by atoms with E-state index in [1.807, 2.05) is 18.7 Å². The fraction of sp³-hybridized carbons (Fsp3) is 0.500. The molecule has 0 saturated carbocycles. The summed E-state index contributed by atoms with van der Waals surface area (Å²) in [5.41, 5.74) is 0.107. The lowest BCUT2D eigenvalue weighted by atomic mass is 10.1. The van der Waals surface area contributed by atoms with Gasteiger partial charge >= 0.3 is 5.69 Å². The van der Waals surface area contributed by atoms with Crippen molar-refractivity contribution >= 4 is 17.7 Å². The van der Waals surface area contributed by atoms with Crippen molar-refractivity contribution in [3.63, 3.8) is 0 Å². The number of rotatable bonds is 8. The summed E-state index contributed by atoms with van der Waals surface area (Å²) < 4.78 is 10.8. The van der Waals surface area contributed by atoms with Crippen LogP contribution in [-0.2, 0) is 0 Å². The third kappa shape index (κ3) is 3.24. The lowest BCUT2D eigenvalue weighted by Crippen LogP contribution is -2.24. The minimum Gasteiger partial charge on any atom is -0.492 e.